The maximum atomic E-state index is 11.8. The zero-order valence-corrected chi connectivity index (χ0v) is 21.4. The van der Waals surface area contributed by atoms with E-state index in [1.54, 1.807) is 36.8 Å². The third-order valence-electron chi connectivity index (χ3n) is 6.70. The van der Waals surface area contributed by atoms with Crippen molar-refractivity contribution in [3.63, 3.8) is 0 Å². The third kappa shape index (κ3) is 5.52. The van der Waals surface area contributed by atoms with E-state index < -0.39 is 23.5 Å². The first-order valence-corrected chi connectivity index (χ1v) is 12.6. The van der Waals surface area contributed by atoms with Gasteiger partial charge in [-0.3, -0.25) is 4.79 Å². The van der Waals surface area contributed by atoms with Gasteiger partial charge in [-0.15, -0.1) is 0 Å². The fourth-order valence-electron chi connectivity index (χ4n) is 4.80. The van der Waals surface area contributed by atoms with E-state index in [4.69, 9.17) is 15.5 Å². The number of carbonyl (C=O) groups is 1. The number of aliphatic carboxylic acids is 1. The van der Waals surface area contributed by atoms with Crippen molar-refractivity contribution in [2.24, 2.45) is 11.7 Å². The number of aliphatic hydroxyl groups excluding tert-OH is 1. The molecule has 0 amide bonds. The maximum absolute atomic E-state index is 11.8. The summed E-state index contributed by atoms with van der Waals surface area (Å²) in [4.78, 5) is 38.0. The molecule has 1 aliphatic carbocycles. The zero-order chi connectivity index (χ0) is 28.0. The Hall–Kier alpha value is -4.71. The van der Waals surface area contributed by atoms with Crippen molar-refractivity contribution in [2.45, 2.75) is 31.3 Å². The molecule has 0 radical (unpaired) electrons. The monoisotopic (exact) mass is 537 g/mol. The molecule has 4 aromatic rings. The second-order valence-corrected chi connectivity index (χ2v) is 9.20. The molecule has 0 saturated heterocycles. The summed E-state index contributed by atoms with van der Waals surface area (Å²) in [5.41, 5.74) is 8.64. The number of hydrogen-bond acceptors (Lipinski definition) is 10. The molecule has 3 heterocycles. The lowest BCUT2D eigenvalue weighted by molar-refractivity contribution is -0.139. The first-order chi connectivity index (χ1) is 19.5. The molecule has 202 valence electrons. The van der Waals surface area contributed by atoms with E-state index >= 15 is 0 Å². The largest absolute Gasteiger partial charge is 0.480 e. The lowest BCUT2D eigenvalue weighted by atomic mass is 9.71. The second kappa shape index (κ2) is 12.0. The molecular formula is C29H27N7O4. The molecule has 3 aromatic heterocycles. The van der Waals surface area contributed by atoms with Crippen molar-refractivity contribution in [2.75, 3.05) is 0 Å². The molecule has 0 spiro atoms. The molecule has 5 rings (SSSR count). The molecule has 4 N–H and O–H groups in total. The predicted molar refractivity (Wildman–Crippen MR) is 145 cm³/mol. The van der Waals surface area contributed by atoms with E-state index in [-0.39, 0.29) is 19.6 Å². The van der Waals surface area contributed by atoms with Gasteiger partial charge in [0, 0.05) is 35.6 Å². The molecule has 0 bridgehead atoms. The van der Waals surface area contributed by atoms with Crippen LogP contribution in [0.15, 0.2) is 91.9 Å². The van der Waals surface area contributed by atoms with Crippen LogP contribution in [-0.4, -0.2) is 52.1 Å². The quantitative estimate of drug-likeness (QED) is 0.272. The van der Waals surface area contributed by atoms with Crippen molar-refractivity contribution in [3.8, 4) is 11.4 Å². The Labute approximate surface area is 230 Å². The van der Waals surface area contributed by atoms with Crippen molar-refractivity contribution in [1.82, 2.24) is 29.9 Å². The van der Waals surface area contributed by atoms with E-state index in [0.717, 1.165) is 11.1 Å². The van der Waals surface area contributed by atoms with Crippen LogP contribution < -0.4 is 5.73 Å². The van der Waals surface area contributed by atoms with E-state index in [1.165, 1.54) is 12.7 Å². The summed E-state index contributed by atoms with van der Waals surface area (Å²) >= 11 is 0. The van der Waals surface area contributed by atoms with Crippen LogP contribution >= 0.6 is 0 Å². The highest BCUT2D eigenvalue weighted by molar-refractivity contribution is 5.76. The number of aliphatic hydroxyl groups is 1. The molecule has 0 aliphatic heterocycles. The summed E-state index contributed by atoms with van der Waals surface area (Å²) < 4.78 is 6.79. The lowest BCUT2D eigenvalue weighted by Gasteiger charge is -2.42. The summed E-state index contributed by atoms with van der Waals surface area (Å²) in [5.74, 6) is -1.16. The molecule has 0 saturated carbocycles. The van der Waals surface area contributed by atoms with Crippen molar-refractivity contribution >= 4 is 11.5 Å². The van der Waals surface area contributed by atoms with Gasteiger partial charge < -0.3 is 20.7 Å². The number of ether oxygens (including phenoxy) is 1. The van der Waals surface area contributed by atoms with Crippen molar-refractivity contribution in [3.05, 3.63) is 115 Å². The molecule has 40 heavy (non-hydrogen) atoms. The summed E-state index contributed by atoms with van der Waals surface area (Å²) in [6, 6.07) is 11.4. The normalized spacial score (nSPS) is 19.1. The highest BCUT2D eigenvalue weighted by Crippen LogP contribution is 2.49. The summed E-state index contributed by atoms with van der Waals surface area (Å²) in [5, 5.41) is 19.2. The van der Waals surface area contributed by atoms with E-state index in [1.807, 2.05) is 42.5 Å². The SMILES string of the molecule is NC(CC1C=CC=C(c2ccncn2)C1(OCc1ccnc(-c2cccc(CO)c2)n1)c1ccncn1)C(=O)O. The fourth-order valence-corrected chi connectivity index (χ4v) is 4.80. The minimum absolute atomic E-state index is 0.0360. The number of carboxylic acid groups (broad SMARTS) is 1. The van der Waals surface area contributed by atoms with Crippen LogP contribution in [0, 0.1) is 5.92 Å². The summed E-state index contributed by atoms with van der Waals surface area (Å²) in [6.07, 6.45) is 13.4. The van der Waals surface area contributed by atoms with Gasteiger partial charge in [0.05, 0.1) is 30.3 Å². The summed E-state index contributed by atoms with van der Waals surface area (Å²) in [7, 11) is 0. The van der Waals surface area contributed by atoms with Crippen LogP contribution in [0.1, 0.15) is 29.1 Å². The number of nitrogens with zero attached hydrogens (tertiary/aromatic N) is 6. The molecule has 0 fully saturated rings. The third-order valence-corrected chi connectivity index (χ3v) is 6.70. The predicted octanol–water partition coefficient (Wildman–Crippen LogP) is 2.70. The molecule has 3 unspecified atom stereocenters. The van der Waals surface area contributed by atoms with E-state index in [0.29, 0.717) is 28.5 Å². The van der Waals surface area contributed by atoms with E-state index in [9.17, 15) is 15.0 Å². The number of rotatable bonds is 10. The highest BCUT2D eigenvalue weighted by atomic mass is 16.5. The van der Waals surface area contributed by atoms with Gasteiger partial charge in [0.1, 0.15) is 24.3 Å². The van der Waals surface area contributed by atoms with E-state index in [2.05, 4.69) is 24.9 Å². The number of aromatic nitrogens is 6. The number of carboxylic acids is 1. The van der Waals surface area contributed by atoms with Gasteiger partial charge >= 0.3 is 5.97 Å². The van der Waals surface area contributed by atoms with Gasteiger partial charge in [-0.1, -0.05) is 36.4 Å². The average molecular weight is 538 g/mol. The molecule has 11 heteroatoms. The first-order valence-electron chi connectivity index (χ1n) is 12.6. The van der Waals surface area contributed by atoms with Crippen LogP contribution in [0.2, 0.25) is 0 Å². The van der Waals surface area contributed by atoms with Crippen LogP contribution in [0.5, 0.6) is 0 Å². The molecule has 1 aromatic carbocycles. The average Bonchev–Trinajstić information content (AvgIpc) is 3.01. The minimum atomic E-state index is -1.28. The topological polar surface area (TPSA) is 170 Å². The summed E-state index contributed by atoms with van der Waals surface area (Å²) in [6.45, 7) is -0.0576. The van der Waals surface area contributed by atoms with Gasteiger partial charge in [-0.2, -0.15) is 0 Å². The van der Waals surface area contributed by atoms with Crippen molar-refractivity contribution < 1.29 is 19.7 Å². The number of nitrogens with two attached hydrogens (primary N) is 1. The molecule has 3 atom stereocenters. The number of benzene rings is 1. The molecule has 11 nitrogen and oxygen atoms in total. The Morgan fingerprint density at radius 1 is 1.05 bits per heavy atom. The Morgan fingerprint density at radius 2 is 1.88 bits per heavy atom. The van der Waals surface area contributed by atoms with Gasteiger partial charge in [-0.05, 0) is 36.2 Å². The highest BCUT2D eigenvalue weighted by Gasteiger charge is 2.48. The zero-order valence-electron chi connectivity index (χ0n) is 21.4. The molecular weight excluding hydrogens is 510 g/mol. The second-order valence-electron chi connectivity index (χ2n) is 9.20. The van der Waals surface area contributed by atoms with Gasteiger partial charge in [0.2, 0.25) is 0 Å². The standard InChI is InChI=1S/C29H27N7O4/c30-24(28(38)39)14-21-5-2-6-23(25-8-10-31-17-34-25)29(21,26-9-11-32-18-35-26)40-16-22-7-12-33-27(36-22)20-4-1-3-19(13-20)15-37/h1-13,17-18,21,24,37H,14-16,30H2,(H,38,39). The minimum Gasteiger partial charge on any atom is -0.480 e. The van der Waals surface area contributed by atoms with Gasteiger partial charge in [-0.25, -0.2) is 29.9 Å². The Bertz CT molecular complexity index is 1530. The van der Waals surface area contributed by atoms with Crippen LogP contribution in [0.25, 0.3) is 17.0 Å². The van der Waals surface area contributed by atoms with Crippen molar-refractivity contribution in [1.29, 1.82) is 0 Å². The number of hydrogen-bond donors (Lipinski definition) is 3. The Kier molecular flexibility index (Phi) is 8.06. The van der Waals surface area contributed by atoms with Crippen LogP contribution in [-0.2, 0) is 28.3 Å². The lowest BCUT2D eigenvalue weighted by Crippen LogP contribution is -2.45. The van der Waals surface area contributed by atoms with Gasteiger partial charge in [0.15, 0.2) is 5.82 Å². The Balaban J connectivity index is 1.58. The maximum Gasteiger partial charge on any atom is 0.320 e. The Morgan fingerprint density at radius 3 is 2.60 bits per heavy atom. The van der Waals surface area contributed by atoms with Crippen LogP contribution in [0.4, 0.5) is 0 Å². The fraction of sp³-hybridized carbons (Fsp3) is 0.207. The number of allylic oxidation sites excluding steroid dienone is 2. The van der Waals surface area contributed by atoms with Gasteiger partial charge in [0.25, 0.3) is 0 Å². The first kappa shape index (κ1) is 26.9. The molecule has 1 aliphatic rings. The van der Waals surface area contributed by atoms with Crippen LogP contribution in [0.3, 0.4) is 0 Å². The smallest absolute Gasteiger partial charge is 0.320 e.